The minimum absolute atomic E-state index is 0.120. The monoisotopic (exact) mass is 914 g/mol. The minimum atomic E-state index is -3.08. The molecule has 0 N–H and O–H groups in total. The lowest BCUT2D eigenvalue weighted by Gasteiger charge is -2.37. The smallest absolute Gasteiger partial charge is 0.195 e. The molecule has 0 spiro atoms. The van der Waals surface area contributed by atoms with Crippen LogP contribution in [0.5, 0.6) is 0 Å². The quantitative estimate of drug-likeness (QED) is 0.0939. The highest BCUT2D eigenvalue weighted by atomic mass is 35.5. The lowest BCUT2D eigenvalue weighted by molar-refractivity contribution is 0.592. The van der Waals surface area contributed by atoms with E-state index in [0.29, 0.717) is 0 Å². The van der Waals surface area contributed by atoms with Gasteiger partial charge in [-0.05, 0) is 102 Å². The molecular formula is C59H51ClN2S2Si. The van der Waals surface area contributed by atoms with Gasteiger partial charge in [0.2, 0.25) is 0 Å². The van der Waals surface area contributed by atoms with Crippen molar-refractivity contribution >= 4 is 89.7 Å². The maximum atomic E-state index is 7.64. The van der Waals surface area contributed by atoms with Crippen LogP contribution < -0.4 is 20.7 Å². The molecule has 320 valence electrons. The molecule has 1 unspecified atom stereocenters. The first kappa shape index (κ1) is 42.0. The van der Waals surface area contributed by atoms with Crippen molar-refractivity contribution < 1.29 is 0 Å². The fourth-order valence-electron chi connectivity index (χ4n) is 10.5. The first-order chi connectivity index (χ1) is 31.3. The van der Waals surface area contributed by atoms with Crippen molar-refractivity contribution in [2.24, 2.45) is 0 Å². The average molecular weight is 916 g/mol. The number of nitrogens with zero attached hydrogens (tertiary/aromatic N) is 2. The van der Waals surface area contributed by atoms with Crippen molar-refractivity contribution in [2.75, 3.05) is 0 Å². The SMILES string of the molecule is CC(C)(C)c1ccc([Si](c2ccccc2)(c2ccccc2)c2ccc(C(C)(C)C)c(-c3cccc4c3sc3nc5ccccc5n34)c2)cc1-c1cccc2c1Sc1ccccc1C2(C)Cl. The van der Waals surface area contributed by atoms with Gasteiger partial charge in [0.1, 0.15) is 0 Å². The van der Waals surface area contributed by atoms with E-state index in [1.807, 2.05) is 11.8 Å². The van der Waals surface area contributed by atoms with E-state index >= 15 is 0 Å². The number of hydrogen-bond acceptors (Lipinski definition) is 3. The van der Waals surface area contributed by atoms with E-state index in [1.165, 1.54) is 74.1 Å². The van der Waals surface area contributed by atoms with Crippen LogP contribution in [-0.4, -0.2) is 17.5 Å². The van der Waals surface area contributed by atoms with Gasteiger partial charge in [0.15, 0.2) is 13.0 Å². The molecule has 0 amide bonds. The second kappa shape index (κ2) is 15.5. The van der Waals surface area contributed by atoms with Crippen LogP contribution in [0.3, 0.4) is 0 Å². The van der Waals surface area contributed by atoms with Crippen molar-refractivity contribution in [2.45, 2.75) is 74.0 Å². The van der Waals surface area contributed by atoms with Gasteiger partial charge in [-0.3, -0.25) is 4.40 Å². The Labute approximate surface area is 397 Å². The highest BCUT2D eigenvalue weighted by Crippen LogP contribution is 2.54. The van der Waals surface area contributed by atoms with Crippen LogP contribution in [-0.2, 0) is 15.7 Å². The Morgan fingerprint density at radius 1 is 0.508 bits per heavy atom. The first-order valence-corrected chi connectivity index (χ1v) is 26.6. The van der Waals surface area contributed by atoms with Crippen LogP contribution in [0.25, 0.3) is 48.5 Å². The number of fused-ring (bicyclic) bond motifs is 7. The number of halogens is 1. The van der Waals surface area contributed by atoms with Gasteiger partial charge in [-0.15, -0.1) is 11.6 Å². The number of para-hydroxylation sites is 2. The van der Waals surface area contributed by atoms with Gasteiger partial charge in [0.25, 0.3) is 0 Å². The van der Waals surface area contributed by atoms with Crippen LogP contribution in [0.2, 0.25) is 0 Å². The summed E-state index contributed by atoms with van der Waals surface area (Å²) in [6.07, 6.45) is 0. The molecule has 0 saturated carbocycles. The number of imidazole rings is 1. The normalized spacial score (nSPS) is 15.4. The predicted molar refractivity (Wildman–Crippen MR) is 283 cm³/mol. The molecule has 2 nitrogen and oxygen atoms in total. The van der Waals surface area contributed by atoms with E-state index in [2.05, 4.69) is 235 Å². The molecule has 11 rings (SSSR count). The van der Waals surface area contributed by atoms with Gasteiger partial charge in [0.05, 0.1) is 26.1 Å². The lowest BCUT2D eigenvalue weighted by Crippen LogP contribution is -2.74. The average Bonchev–Trinajstić information content (AvgIpc) is 3.86. The molecule has 1 aliphatic rings. The molecule has 0 aliphatic carbocycles. The Balaban J connectivity index is 1.22. The minimum Gasteiger partial charge on any atom is -0.283 e. The van der Waals surface area contributed by atoms with Crippen LogP contribution in [0.15, 0.2) is 192 Å². The van der Waals surface area contributed by atoms with Gasteiger partial charge < -0.3 is 0 Å². The number of aromatic nitrogens is 2. The highest BCUT2D eigenvalue weighted by molar-refractivity contribution is 7.99. The molecule has 3 heterocycles. The van der Waals surface area contributed by atoms with E-state index in [9.17, 15) is 0 Å². The number of hydrogen-bond donors (Lipinski definition) is 0. The van der Waals surface area contributed by atoms with Crippen LogP contribution in [0.4, 0.5) is 0 Å². The summed E-state index contributed by atoms with van der Waals surface area (Å²) in [7, 11) is -3.08. The van der Waals surface area contributed by atoms with Gasteiger partial charge in [-0.2, -0.15) is 0 Å². The molecule has 6 heteroatoms. The zero-order chi connectivity index (χ0) is 44.9. The molecule has 0 fully saturated rings. The maximum Gasteiger partial charge on any atom is 0.195 e. The third-order valence-corrected chi connectivity index (χ3v) is 21.1. The number of thiazole rings is 1. The molecule has 10 aromatic rings. The molecule has 0 radical (unpaired) electrons. The molecule has 0 saturated heterocycles. The summed E-state index contributed by atoms with van der Waals surface area (Å²) in [5.41, 5.74) is 13.1. The summed E-state index contributed by atoms with van der Waals surface area (Å²) in [6.45, 7) is 16.2. The van der Waals surface area contributed by atoms with Gasteiger partial charge in [-0.25, -0.2) is 4.98 Å². The summed E-state index contributed by atoms with van der Waals surface area (Å²) in [4.78, 5) is 7.92. The topological polar surface area (TPSA) is 17.3 Å². The van der Waals surface area contributed by atoms with E-state index in [-0.39, 0.29) is 10.8 Å². The zero-order valence-electron chi connectivity index (χ0n) is 37.9. The predicted octanol–water partition coefficient (Wildman–Crippen LogP) is 14.0. The van der Waals surface area contributed by atoms with Crippen molar-refractivity contribution in [3.05, 3.63) is 204 Å². The van der Waals surface area contributed by atoms with E-state index < -0.39 is 12.9 Å². The molecule has 65 heavy (non-hydrogen) atoms. The molecule has 1 aliphatic heterocycles. The molecular weight excluding hydrogens is 864 g/mol. The van der Waals surface area contributed by atoms with Crippen LogP contribution >= 0.6 is 34.7 Å². The van der Waals surface area contributed by atoms with Crippen molar-refractivity contribution in [1.82, 2.24) is 9.38 Å². The molecule has 2 aromatic heterocycles. The number of alkyl halides is 1. The van der Waals surface area contributed by atoms with Gasteiger partial charge in [0, 0.05) is 15.4 Å². The maximum absolute atomic E-state index is 7.64. The van der Waals surface area contributed by atoms with Crippen LogP contribution in [0, 0.1) is 0 Å². The summed E-state index contributed by atoms with van der Waals surface area (Å²) in [6, 6.07) is 68.4. The number of rotatable bonds is 6. The Bertz CT molecular complexity index is 3420. The summed E-state index contributed by atoms with van der Waals surface area (Å²) >= 11 is 11.3. The summed E-state index contributed by atoms with van der Waals surface area (Å²) in [5.74, 6) is 0. The molecule has 0 bridgehead atoms. The second-order valence-electron chi connectivity index (χ2n) is 19.8. The van der Waals surface area contributed by atoms with Crippen molar-refractivity contribution in [3.8, 4) is 22.3 Å². The fraction of sp³-hybridized carbons (Fsp3) is 0.169. The van der Waals surface area contributed by atoms with Crippen LogP contribution in [0.1, 0.15) is 70.7 Å². The van der Waals surface area contributed by atoms with E-state index in [0.717, 1.165) is 27.1 Å². The first-order valence-electron chi connectivity index (χ1n) is 22.6. The Hall–Kier alpha value is -5.69. The second-order valence-corrected chi connectivity index (χ2v) is 26.4. The van der Waals surface area contributed by atoms with Crippen molar-refractivity contribution in [3.63, 3.8) is 0 Å². The number of benzene rings is 8. The third kappa shape index (κ3) is 6.68. The molecule has 8 aromatic carbocycles. The Morgan fingerprint density at radius 3 is 1.68 bits per heavy atom. The fourth-order valence-corrected chi connectivity index (χ4v) is 18.3. The standard InChI is InChI=1S/C59H51ClN2S2Si/c1-57(2,3)46-34-32-40(36-44(46)42-24-18-27-49-54(42)63-53-31-17-14-26-48(53)59(49,7)60)65(38-20-10-8-11-21-38,39-22-12-9-13-23-39)41-33-35-47(58(4,5)6)45(37-41)43-25-19-30-52-55(43)64-56-61-50-28-15-16-29-51(50)62(52)56/h8-37H,1-7H3. The van der Waals surface area contributed by atoms with E-state index in [1.54, 1.807) is 11.3 Å². The Morgan fingerprint density at radius 2 is 1.03 bits per heavy atom. The Kier molecular flexibility index (Phi) is 9.98. The van der Waals surface area contributed by atoms with Gasteiger partial charge in [-0.1, -0.05) is 222 Å². The van der Waals surface area contributed by atoms with Gasteiger partial charge >= 0.3 is 0 Å². The molecule has 1 atom stereocenters. The van der Waals surface area contributed by atoms with E-state index in [4.69, 9.17) is 16.6 Å². The summed E-state index contributed by atoms with van der Waals surface area (Å²) < 4.78 is 3.60. The highest BCUT2D eigenvalue weighted by Gasteiger charge is 2.44. The summed E-state index contributed by atoms with van der Waals surface area (Å²) in [5, 5.41) is 5.39. The van der Waals surface area contributed by atoms with Crippen molar-refractivity contribution in [1.29, 1.82) is 0 Å². The zero-order valence-corrected chi connectivity index (χ0v) is 41.3. The third-order valence-electron chi connectivity index (χ3n) is 13.6. The lowest BCUT2D eigenvalue weighted by atomic mass is 9.81. The largest absolute Gasteiger partial charge is 0.283 e.